The molecule has 2 aromatic rings. The van der Waals surface area contributed by atoms with E-state index in [1.165, 1.54) is 0 Å². The molecule has 0 N–H and O–H groups in total. The Morgan fingerprint density at radius 2 is 1.92 bits per heavy atom. The van der Waals surface area contributed by atoms with Gasteiger partial charge in [-0.3, -0.25) is 4.79 Å². The molecule has 1 amide bonds. The molecular formula is C21H28N4O. The predicted molar refractivity (Wildman–Crippen MR) is 105 cm³/mol. The Hall–Kier alpha value is -2.43. The molecule has 5 heteroatoms. The summed E-state index contributed by atoms with van der Waals surface area (Å²) in [7, 11) is 2.08. The van der Waals surface area contributed by atoms with Gasteiger partial charge in [-0.2, -0.15) is 0 Å². The van der Waals surface area contributed by atoms with Gasteiger partial charge in [0.15, 0.2) is 5.82 Å². The average molecular weight is 352 g/mol. The molecule has 0 saturated carbocycles. The maximum Gasteiger partial charge on any atom is 0.222 e. The fraction of sp³-hybridized carbons (Fsp3) is 0.476. The summed E-state index contributed by atoms with van der Waals surface area (Å²) in [4.78, 5) is 26.3. The van der Waals surface area contributed by atoms with E-state index in [0.717, 1.165) is 60.8 Å². The molecule has 2 heterocycles. The van der Waals surface area contributed by atoms with Crippen molar-refractivity contribution in [1.82, 2.24) is 14.9 Å². The Bertz CT molecular complexity index is 760. The van der Waals surface area contributed by atoms with E-state index in [2.05, 4.69) is 18.9 Å². The van der Waals surface area contributed by atoms with Crippen LogP contribution in [0.2, 0.25) is 0 Å². The zero-order valence-corrected chi connectivity index (χ0v) is 16.0. The summed E-state index contributed by atoms with van der Waals surface area (Å²) < 4.78 is 0. The monoisotopic (exact) mass is 352 g/mol. The number of carbonyl (C=O) groups is 1. The average Bonchev–Trinajstić information content (AvgIpc) is 2.67. The minimum atomic E-state index is 0.231. The molecule has 0 fully saturated rings. The normalized spacial score (nSPS) is 13.4. The molecule has 26 heavy (non-hydrogen) atoms. The molecule has 0 bridgehead atoms. The lowest BCUT2D eigenvalue weighted by atomic mass is 10.0. The topological polar surface area (TPSA) is 49.3 Å². The summed E-state index contributed by atoms with van der Waals surface area (Å²) in [6, 6.07) is 10.1. The van der Waals surface area contributed by atoms with Crippen LogP contribution in [0.5, 0.6) is 0 Å². The van der Waals surface area contributed by atoms with Crippen molar-refractivity contribution in [3.63, 3.8) is 0 Å². The number of benzene rings is 1. The molecule has 138 valence electrons. The van der Waals surface area contributed by atoms with Gasteiger partial charge in [0.1, 0.15) is 5.82 Å². The number of rotatable bonds is 6. The first kappa shape index (κ1) is 18.4. The highest BCUT2D eigenvalue weighted by Gasteiger charge is 2.26. The lowest BCUT2D eigenvalue weighted by molar-refractivity contribution is -0.132. The first-order valence-electron chi connectivity index (χ1n) is 9.58. The third-order valence-corrected chi connectivity index (χ3v) is 4.81. The Balaban J connectivity index is 2.01. The molecule has 1 aliphatic heterocycles. The van der Waals surface area contributed by atoms with Crippen LogP contribution >= 0.6 is 0 Å². The van der Waals surface area contributed by atoms with Crippen LogP contribution in [-0.4, -0.2) is 40.9 Å². The number of aromatic nitrogens is 2. The van der Waals surface area contributed by atoms with Crippen LogP contribution in [0.1, 0.15) is 44.4 Å². The van der Waals surface area contributed by atoms with Gasteiger partial charge < -0.3 is 9.80 Å². The number of amides is 1. The molecular weight excluding hydrogens is 324 g/mol. The largest absolute Gasteiger partial charge is 0.359 e. The number of anilines is 1. The minimum Gasteiger partial charge on any atom is -0.359 e. The van der Waals surface area contributed by atoms with Crippen molar-refractivity contribution in [2.75, 3.05) is 25.0 Å². The Morgan fingerprint density at radius 1 is 1.15 bits per heavy atom. The maximum atomic E-state index is 12.4. The van der Waals surface area contributed by atoms with E-state index < -0.39 is 0 Å². The lowest BCUT2D eigenvalue weighted by Gasteiger charge is -2.32. The molecule has 0 spiro atoms. The van der Waals surface area contributed by atoms with Crippen molar-refractivity contribution >= 4 is 11.7 Å². The number of carbonyl (C=O) groups excluding carboxylic acids is 1. The molecule has 1 aliphatic rings. The highest BCUT2D eigenvalue weighted by atomic mass is 16.2. The standard InChI is InChI=1S/C21H28N4O/c1-4-9-19(26)25-14-12-18-17(15-25)21(24(3)13-5-2)23-20(22-18)16-10-7-6-8-11-16/h6-8,10-11H,4-5,9,12-15H2,1-3H3. The van der Waals surface area contributed by atoms with Gasteiger partial charge in [0, 0.05) is 44.1 Å². The van der Waals surface area contributed by atoms with Crippen LogP contribution in [0.25, 0.3) is 11.4 Å². The Labute approximate surface area is 156 Å². The van der Waals surface area contributed by atoms with Gasteiger partial charge in [-0.1, -0.05) is 44.2 Å². The summed E-state index contributed by atoms with van der Waals surface area (Å²) in [6.07, 6.45) is 3.33. The second-order valence-corrected chi connectivity index (χ2v) is 6.90. The number of fused-ring (bicyclic) bond motifs is 1. The maximum absolute atomic E-state index is 12.4. The zero-order valence-electron chi connectivity index (χ0n) is 16.0. The molecule has 1 aromatic carbocycles. The summed E-state index contributed by atoms with van der Waals surface area (Å²) >= 11 is 0. The fourth-order valence-electron chi connectivity index (χ4n) is 3.45. The van der Waals surface area contributed by atoms with Crippen LogP contribution in [0, 0.1) is 0 Å². The van der Waals surface area contributed by atoms with Gasteiger partial charge in [0.2, 0.25) is 5.91 Å². The van der Waals surface area contributed by atoms with Crippen molar-refractivity contribution in [3.05, 3.63) is 41.6 Å². The number of hydrogen-bond donors (Lipinski definition) is 0. The van der Waals surface area contributed by atoms with Crippen LogP contribution < -0.4 is 4.90 Å². The van der Waals surface area contributed by atoms with Gasteiger partial charge in [0.05, 0.1) is 12.2 Å². The molecule has 0 atom stereocenters. The highest BCUT2D eigenvalue weighted by Crippen LogP contribution is 2.29. The second kappa shape index (κ2) is 8.30. The quantitative estimate of drug-likeness (QED) is 0.796. The van der Waals surface area contributed by atoms with Crippen LogP contribution in [0.3, 0.4) is 0 Å². The van der Waals surface area contributed by atoms with E-state index in [1.807, 2.05) is 42.2 Å². The molecule has 5 nitrogen and oxygen atoms in total. The predicted octanol–water partition coefficient (Wildman–Crippen LogP) is 3.67. The van der Waals surface area contributed by atoms with E-state index in [9.17, 15) is 4.79 Å². The number of hydrogen-bond acceptors (Lipinski definition) is 4. The smallest absolute Gasteiger partial charge is 0.222 e. The zero-order chi connectivity index (χ0) is 18.5. The van der Waals surface area contributed by atoms with E-state index in [1.54, 1.807) is 0 Å². The van der Waals surface area contributed by atoms with Crippen molar-refractivity contribution in [3.8, 4) is 11.4 Å². The lowest BCUT2D eigenvalue weighted by Crippen LogP contribution is -2.37. The Kier molecular flexibility index (Phi) is 5.86. The van der Waals surface area contributed by atoms with Crippen molar-refractivity contribution in [1.29, 1.82) is 0 Å². The number of nitrogens with zero attached hydrogens (tertiary/aromatic N) is 4. The summed E-state index contributed by atoms with van der Waals surface area (Å²) in [6.45, 7) is 6.51. The first-order chi connectivity index (χ1) is 12.6. The third kappa shape index (κ3) is 3.87. The van der Waals surface area contributed by atoms with Gasteiger partial charge in [-0.05, 0) is 12.8 Å². The van der Waals surface area contributed by atoms with Crippen molar-refractivity contribution in [2.45, 2.75) is 46.1 Å². The molecule has 0 aliphatic carbocycles. The van der Waals surface area contributed by atoms with E-state index in [4.69, 9.17) is 9.97 Å². The summed E-state index contributed by atoms with van der Waals surface area (Å²) in [5, 5.41) is 0. The molecule has 0 radical (unpaired) electrons. The molecule has 0 unspecified atom stereocenters. The van der Waals surface area contributed by atoms with Gasteiger partial charge in [0.25, 0.3) is 0 Å². The second-order valence-electron chi connectivity index (χ2n) is 6.90. The van der Waals surface area contributed by atoms with Gasteiger partial charge in [-0.15, -0.1) is 0 Å². The van der Waals surface area contributed by atoms with E-state index in [0.29, 0.717) is 13.0 Å². The van der Waals surface area contributed by atoms with Gasteiger partial charge >= 0.3 is 0 Å². The first-order valence-corrected chi connectivity index (χ1v) is 9.58. The van der Waals surface area contributed by atoms with Crippen molar-refractivity contribution < 1.29 is 4.79 Å². The van der Waals surface area contributed by atoms with Crippen LogP contribution in [-0.2, 0) is 17.8 Å². The SMILES string of the molecule is CCCC(=O)N1CCc2nc(-c3ccccc3)nc(N(C)CCC)c2C1. The summed E-state index contributed by atoms with van der Waals surface area (Å²) in [5.41, 5.74) is 3.22. The molecule has 0 saturated heterocycles. The molecule has 3 rings (SSSR count). The Morgan fingerprint density at radius 3 is 2.62 bits per heavy atom. The van der Waals surface area contributed by atoms with E-state index in [-0.39, 0.29) is 5.91 Å². The van der Waals surface area contributed by atoms with Crippen LogP contribution in [0.4, 0.5) is 5.82 Å². The van der Waals surface area contributed by atoms with Gasteiger partial charge in [-0.25, -0.2) is 9.97 Å². The van der Waals surface area contributed by atoms with Crippen LogP contribution in [0.15, 0.2) is 30.3 Å². The summed E-state index contributed by atoms with van der Waals surface area (Å²) in [5.74, 6) is 1.97. The minimum absolute atomic E-state index is 0.231. The molecule has 1 aromatic heterocycles. The van der Waals surface area contributed by atoms with Crippen molar-refractivity contribution in [2.24, 2.45) is 0 Å². The fourth-order valence-corrected chi connectivity index (χ4v) is 3.45. The third-order valence-electron chi connectivity index (χ3n) is 4.81. The highest BCUT2D eigenvalue weighted by molar-refractivity contribution is 5.77. The van der Waals surface area contributed by atoms with E-state index >= 15 is 0 Å².